The summed E-state index contributed by atoms with van der Waals surface area (Å²) in [5, 5.41) is 13.4. The fraction of sp³-hybridized carbons (Fsp3) is 0.200. The number of nitrogens with one attached hydrogen (secondary N) is 2. The number of carbonyl (C=O) groups is 3. The summed E-state index contributed by atoms with van der Waals surface area (Å²) in [4.78, 5) is 52.4. The van der Waals surface area contributed by atoms with Crippen LogP contribution in [0.2, 0.25) is 0 Å². The zero-order valence-electron chi connectivity index (χ0n) is 16.2. The van der Waals surface area contributed by atoms with Gasteiger partial charge in [-0.25, -0.2) is 0 Å². The number of ketones is 2. The Morgan fingerprint density at radius 3 is 2.43 bits per heavy atom. The molecule has 0 radical (unpaired) electrons. The first-order chi connectivity index (χ1) is 14.2. The molecule has 9 nitrogen and oxygen atoms in total. The van der Waals surface area contributed by atoms with Gasteiger partial charge in [0.25, 0.3) is 11.5 Å². The number of aromatic amines is 1. The number of thiophene rings is 1. The van der Waals surface area contributed by atoms with Crippen LogP contribution in [0, 0.1) is 6.92 Å². The zero-order valence-corrected chi connectivity index (χ0v) is 17.0. The van der Waals surface area contributed by atoms with Gasteiger partial charge in [0, 0.05) is 11.6 Å². The standard InChI is InChI=1S/C20H16N2O7S/c1-7-14-16(25)15(19(27)22-20(14)30-17(7)9(3)24)18(26)21-11-5-13-12(28-6-29-13)4-10(11)8(2)23/h4-5H,6H2,1-3H3,(H,21,26)(H2,22,25,27). The lowest BCUT2D eigenvalue weighted by Gasteiger charge is -2.11. The van der Waals surface area contributed by atoms with Crippen LogP contribution in [0.25, 0.3) is 10.2 Å². The van der Waals surface area contributed by atoms with Crippen molar-refractivity contribution in [1.82, 2.24) is 4.98 Å². The van der Waals surface area contributed by atoms with Crippen molar-refractivity contribution in [2.45, 2.75) is 20.8 Å². The lowest BCUT2D eigenvalue weighted by Crippen LogP contribution is -2.24. The molecule has 0 atom stereocenters. The van der Waals surface area contributed by atoms with Crippen LogP contribution >= 0.6 is 11.3 Å². The molecular weight excluding hydrogens is 412 g/mol. The summed E-state index contributed by atoms with van der Waals surface area (Å²) >= 11 is 1.03. The molecule has 1 aliphatic rings. The molecule has 1 aromatic carbocycles. The molecule has 3 N–H and O–H groups in total. The van der Waals surface area contributed by atoms with Gasteiger partial charge in [-0.2, -0.15) is 0 Å². The molecule has 30 heavy (non-hydrogen) atoms. The predicted octanol–water partition coefficient (Wildman–Crippen LogP) is 2.99. The van der Waals surface area contributed by atoms with Crippen molar-refractivity contribution >= 4 is 44.7 Å². The summed E-state index contributed by atoms with van der Waals surface area (Å²) < 4.78 is 10.5. The number of pyridine rings is 1. The number of rotatable bonds is 4. The van der Waals surface area contributed by atoms with Crippen LogP contribution in [0.15, 0.2) is 16.9 Å². The van der Waals surface area contributed by atoms with Crippen molar-refractivity contribution in [3.05, 3.63) is 44.1 Å². The normalized spacial score (nSPS) is 12.2. The Balaban J connectivity index is 1.82. The molecule has 154 valence electrons. The summed E-state index contributed by atoms with van der Waals surface area (Å²) in [6.45, 7) is 4.31. The number of carbonyl (C=O) groups excluding carboxylic acids is 3. The number of aryl methyl sites for hydroxylation is 1. The van der Waals surface area contributed by atoms with Crippen LogP contribution in [-0.2, 0) is 0 Å². The van der Waals surface area contributed by atoms with Crippen LogP contribution < -0.4 is 20.3 Å². The Bertz CT molecular complexity index is 1320. The largest absolute Gasteiger partial charge is 0.506 e. The number of hydrogen-bond donors (Lipinski definition) is 3. The quantitative estimate of drug-likeness (QED) is 0.544. The molecule has 0 spiro atoms. The lowest BCUT2D eigenvalue weighted by atomic mass is 10.1. The van der Waals surface area contributed by atoms with E-state index in [4.69, 9.17) is 9.47 Å². The first-order valence-electron chi connectivity index (χ1n) is 8.84. The first kappa shape index (κ1) is 19.6. The van der Waals surface area contributed by atoms with E-state index in [0.717, 1.165) is 11.3 Å². The zero-order chi connectivity index (χ0) is 21.7. The van der Waals surface area contributed by atoms with E-state index in [1.165, 1.54) is 26.0 Å². The molecule has 0 aliphatic carbocycles. The molecule has 0 saturated heterocycles. The molecule has 0 fully saturated rings. The Hall–Kier alpha value is -3.66. The highest BCUT2D eigenvalue weighted by molar-refractivity contribution is 7.20. The highest BCUT2D eigenvalue weighted by atomic mass is 32.1. The molecule has 3 heterocycles. The average Bonchev–Trinajstić information content (AvgIpc) is 3.24. The number of H-pyrrole nitrogens is 1. The first-order valence-corrected chi connectivity index (χ1v) is 9.66. The third-order valence-corrected chi connectivity index (χ3v) is 6.07. The molecular formula is C20H16N2O7S. The summed E-state index contributed by atoms with van der Waals surface area (Å²) in [7, 11) is 0. The lowest BCUT2D eigenvalue weighted by molar-refractivity contribution is 0.100. The van der Waals surface area contributed by atoms with Crippen molar-refractivity contribution in [3.8, 4) is 17.2 Å². The number of hydrogen-bond acceptors (Lipinski definition) is 8. The van der Waals surface area contributed by atoms with E-state index in [0.29, 0.717) is 26.8 Å². The van der Waals surface area contributed by atoms with Gasteiger partial charge in [-0.3, -0.25) is 19.2 Å². The maximum absolute atomic E-state index is 12.9. The Labute approximate surface area is 173 Å². The second-order valence-electron chi connectivity index (χ2n) is 6.76. The minimum Gasteiger partial charge on any atom is -0.506 e. The number of aromatic nitrogens is 1. The SMILES string of the molecule is CC(=O)c1cc2c(cc1NC(=O)c1c(O)c3c(C)c(C(C)=O)sc3[nH]c1=O)OCO2. The van der Waals surface area contributed by atoms with Gasteiger partial charge in [0.1, 0.15) is 16.1 Å². The van der Waals surface area contributed by atoms with E-state index in [2.05, 4.69) is 10.3 Å². The molecule has 10 heteroatoms. The number of fused-ring (bicyclic) bond motifs is 2. The van der Waals surface area contributed by atoms with E-state index in [1.807, 2.05) is 0 Å². The summed E-state index contributed by atoms with van der Waals surface area (Å²) in [6.07, 6.45) is 0. The maximum atomic E-state index is 12.9. The van der Waals surface area contributed by atoms with Crippen molar-refractivity contribution < 1.29 is 29.0 Å². The van der Waals surface area contributed by atoms with Crippen LogP contribution in [0.1, 0.15) is 49.8 Å². The highest BCUT2D eigenvalue weighted by Crippen LogP contribution is 2.39. The minimum atomic E-state index is -0.910. The number of aromatic hydroxyl groups is 1. The third-order valence-electron chi connectivity index (χ3n) is 4.76. The fourth-order valence-corrected chi connectivity index (χ4v) is 4.45. The smallest absolute Gasteiger partial charge is 0.265 e. The molecule has 0 saturated carbocycles. The molecule has 0 bridgehead atoms. The number of benzene rings is 1. The number of Topliss-reactive ketones (excluding diaryl/α,β-unsaturated/α-hetero) is 2. The average molecular weight is 428 g/mol. The molecule has 0 unspecified atom stereocenters. The van der Waals surface area contributed by atoms with Gasteiger partial charge in [-0.05, 0) is 32.4 Å². The third kappa shape index (κ3) is 3.01. The monoisotopic (exact) mass is 428 g/mol. The van der Waals surface area contributed by atoms with Gasteiger partial charge in [0.05, 0.1) is 16.0 Å². The van der Waals surface area contributed by atoms with E-state index in [-0.39, 0.29) is 35.0 Å². The van der Waals surface area contributed by atoms with E-state index < -0.39 is 22.8 Å². The van der Waals surface area contributed by atoms with E-state index in [1.54, 1.807) is 6.92 Å². The van der Waals surface area contributed by atoms with Gasteiger partial charge >= 0.3 is 0 Å². The highest BCUT2D eigenvalue weighted by Gasteiger charge is 2.26. The Morgan fingerprint density at radius 2 is 1.80 bits per heavy atom. The Kier molecular flexibility index (Phi) is 4.58. The molecule has 2 aromatic heterocycles. The maximum Gasteiger partial charge on any atom is 0.265 e. The van der Waals surface area contributed by atoms with Gasteiger partial charge in [0.2, 0.25) is 6.79 Å². The van der Waals surface area contributed by atoms with Gasteiger partial charge < -0.3 is 24.9 Å². The second kappa shape index (κ2) is 6.99. The molecule has 4 rings (SSSR count). The summed E-state index contributed by atoms with van der Waals surface area (Å²) in [5.74, 6) is -1.29. The van der Waals surface area contributed by atoms with Gasteiger partial charge in [0.15, 0.2) is 23.1 Å². The molecule has 1 aliphatic heterocycles. The number of ether oxygens (including phenoxy) is 2. The molecule has 3 aromatic rings. The van der Waals surface area contributed by atoms with Crippen molar-refractivity contribution in [2.24, 2.45) is 0 Å². The van der Waals surface area contributed by atoms with E-state index >= 15 is 0 Å². The summed E-state index contributed by atoms with van der Waals surface area (Å²) in [5.41, 5.74) is -0.597. The number of amides is 1. The summed E-state index contributed by atoms with van der Waals surface area (Å²) in [6, 6.07) is 2.86. The van der Waals surface area contributed by atoms with Crippen molar-refractivity contribution in [3.63, 3.8) is 0 Å². The number of anilines is 1. The van der Waals surface area contributed by atoms with Crippen molar-refractivity contribution in [1.29, 1.82) is 0 Å². The topological polar surface area (TPSA) is 135 Å². The van der Waals surface area contributed by atoms with Gasteiger partial charge in [-0.15, -0.1) is 11.3 Å². The van der Waals surface area contributed by atoms with Crippen LogP contribution in [0.3, 0.4) is 0 Å². The van der Waals surface area contributed by atoms with Crippen LogP contribution in [0.4, 0.5) is 5.69 Å². The van der Waals surface area contributed by atoms with Crippen molar-refractivity contribution in [2.75, 3.05) is 12.1 Å². The van der Waals surface area contributed by atoms with Crippen LogP contribution in [-0.4, -0.2) is 34.4 Å². The van der Waals surface area contributed by atoms with E-state index in [9.17, 15) is 24.3 Å². The fourth-order valence-electron chi connectivity index (χ4n) is 3.35. The predicted molar refractivity (Wildman–Crippen MR) is 109 cm³/mol. The Morgan fingerprint density at radius 1 is 1.13 bits per heavy atom. The van der Waals surface area contributed by atoms with Gasteiger partial charge in [-0.1, -0.05) is 0 Å². The minimum absolute atomic E-state index is 0.0167. The molecule has 1 amide bonds. The second-order valence-corrected chi connectivity index (χ2v) is 7.78. The van der Waals surface area contributed by atoms with Crippen LogP contribution in [0.5, 0.6) is 17.2 Å².